The van der Waals surface area contributed by atoms with E-state index < -0.39 is 0 Å². The number of nitrogens with zero attached hydrogens (tertiary/aromatic N) is 4. The van der Waals surface area contributed by atoms with Crippen molar-refractivity contribution in [3.05, 3.63) is 72.8 Å². The Balaban J connectivity index is 1.52. The average molecular weight is 347 g/mol. The Labute approximate surface area is 152 Å². The number of carbonyl (C=O) groups is 1. The van der Waals surface area contributed by atoms with Crippen LogP contribution in [0.1, 0.15) is 24.4 Å². The fourth-order valence-corrected chi connectivity index (χ4v) is 3.41. The van der Waals surface area contributed by atoms with Crippen LogP contribution in [-0.4, -0.2) is 38.7 Å². The van der Waals surface area contributed by atoms with Crippen LogP contribution in [-0.2, 0) is 4.79 Å². The van der Waals surface area contributed by atoms with Crippen molar-refractivity contribution in [1.82, 2.24) is 19.7 Å². The minimum atomic E-state index is -0.256. The molecule has 6 nitrogen and oxygen atoms in total. The number of hydrogen-bond donors (Lipinski definition) is 1. The Bertz CT molecular complexity index is 840. The summed E-state index contributed by atoms with van der Waals surface area (Å²) in [6, 6.07) is 17.3. The molecule has 1 atom stereocenters. The van der Waals surface area contributed by atoms with Gasteiger partial charge in [0.05, 0.1) is 5.69 Å². The number of rotatable bonds is 5. The first-order valence-electron chi connectivity index (χ1n) is 8.86. The van der Waals surface area contributed by atoms with Crippen LogP contribution in [0.5, 0.6) is 0 Å². The lowest BCUT2D eigenvalue weighted by molar-refractivity contribution is -0.121. The van der Waals surface area contributed by atoms with Crippen molar-refractivity contribution < 1.29 is 4.79 Å². The van der Waals surface area contributed by atoms with Gasteiger partial charge in [-0.25, -0.2) is 9.67 Å². The van der Waals surface area contributed by atoms with Crippen molar-refractivity contribution in [2.24, 2.45) is 0 Å². The summed E-state index contributed by atoms with van der Waals surface area (Å²) in [7, 11) is 0. The van der Waals surface area contributed by atoms with Crippen LogP contribution in [0.2, 0.25) is 0 Å². The van der Waals surface area contributed by atoms with Gasteiger partial charge in [0.2, 0.25) is 5.91 Å². The highest BCUT2D eigenvalue weighted by Crippen LogP contribution is 2.26. The van der Waals surface area contributed by atoms with Gasteiger partial charge in [-0.3, -0.25) is 9.69 Å². The molecule has 4 rings (SSSR count). The number of nitrogens with one attached hydrogen (secondary N) is 1. The number of carbonyl (C=O) groups excluding carboxylic acids is 1. The molecule has 6 heteroatoms. The maximum Gasteiger partial charge on any atom is 0.246 e. The zero-order valence-electron chi connectivity index (χ0n) is 14.5. The summed E-state index contributed by atoms with van der Waals surface area (Å²) in [5.74, 6) is 0.00612. The van der Waals surface area contributed by atoms with Gasteiger partial charge in [-0.05, 0) is 55.8 Å². The maximum absolute atomic E-state index is 13.0. The van der Waals surface area contributed by atoms with Crippen LogP contribution < -0.4 is 5.32 Å². The summed E-state index contributed by atoms with van der Waals surface area (Å²) in [6.45, 7) is 1.91. The number of benzene rings is 2. The molecule has 1 aromatic heterocycles. The number of likely N-dealkylation sites (tertiary alicyclic amines) is 1. The third-order valence-corrected chi connectivity index (χ3v) is 4.69. The van der Waals surface area contributed by atoms with E-state index in [1.165, 1.54) is 6.33 Å². The predicted octanol–water partition coefficient (Wildman–Crippen LogP) is 3.04. The monoisotopic (exact) mass is 347 g/mol. The first kappa shape index (κ1) is 16.5. The SMILES string of the molecule is O=C(Nc1ccc(-n2cncn2)cc1)C(c1ccccc1)N1CCCC1. The van der Waals surface area contributed by atoms with Crippen molar-refractivity contribution in [3.63, 3.8) is 0 Å². The van der Waals surface area contributed by atoms with E-state index >= 15 is 0 Å². The van der Waals surface area contributed by atoms with Crippen LogP contribution in [0.3, 0.4) is 0 Å². The third-order valence-electron chi connectivity index (χ3n) is 4.69. The molecule has 1 unspecified atom stereocenters. The van der Waals surface area contributed by atoms with E-state index in [9.17, 15) is 4.79 Å². The van der Waals surface area contributed by atoms with Gasteiger partial charge < -0.3 is 5.32 Å². The van der Waals surface area contributed by atoms with E-state index in [1.54, 1.807) is 11.0 Å². The van der Waals surface area contributed by atoms with Crippen LogP contribution in [0.15, 0.2) is 67.3 Å². The summed E-state index contributed by atoms with van der Waals surface area (Å²) in [4.78, 5) is 19.2. The van der Waals surface area contributed by atoms with E-state index in [2.05, 4.69) is 20.3 Å². The minimum absolute atomic E-state index is 0.00612. The number of anilines is 1. The summed E-state index contributed by atoms with van der Waals surface area (Å²) >= 11 is 0. The van der Waals surface area contributed by atoms with Gasteiger partial charge in [-0.2, -0.15) is 5.10 Å². The van der Waals surface area contributed by atoms with E-state index in [1.807, 2.05) is 54.6 Å². The molecule has 0 radical (unpaired) electrons. The summed E-state index contributed by atoms with van der Waals surface area (Å²) in [5, 5.41) is 7.17. The molecule has 26 heavy (non-hydrogen) atoms. The Hall–Kier alpha value is -2.99. The first-order valence-corrected chi connectivity index (χ1v) is 8.86. The minimum Gasteiger partial charge on any atom is -0.324 e. The average Bonchev–Trinajstić information content (AvgIpc) is 3.38. The van der Waals surface area contributed by atoms with Gasteiger partial charge in [0.25, 0.3) is 0 Å². The molecular formula is C20H21N5O. The lowest BCUT2D eigenvalue weighted by Gasteiger charge is -2.27. The van der Waals surface area contributed by atoms with Crippen molar-refractivity contribution in [2.75, 3.05) is 18.4 Å². The second kappa shape index (κ2) is 7.49. The Morgan fingerprint density at radius 3 is 2.38 bits per heavy atom. The molecule has 0 bridgehead atoms. The number of aromatic nitrogens is 3. The molecule has 1 amide bonds. The Morgan fingerprint density at radius 1 is 1.00 bits per heavy atom. The lowest BCUT2D eigenvalue weighted by atomic mass is 10.0. The summed E-state index contributed by atoms with van der Waals surface area (Å²) in [6.07, 6.45) is 5.43. The standard InChI is InChI=1S/C20H21N5O/c26-20(19(24-12-4-5-13-24)16-6-2-1-3-7-16)23-17-8-10-18(11-9-17)25-15-21-14-22-25/h1-3,6-11,14-15,19H,4-5,12-13H2,(H,23,26). The maximum atomic E-state index is 13.0. The molecule has 0 aliphatic carbocycles. The fourth-order valence-electron chi connectivity index (χ4n) is 3.41. The van der Waals surface area contributed by atoms with Crippen molar-refractivity contribution in [1.29, 1.82) is 0 Å². The van der Waals surface area contributed by atoms with Crippen LogP contribution >= 0.6 is 0 Å². The van der Waals surface area contributed by atoms with E-state index in [-0.39, 0.29) is 11.9 Å². The third kappa shape index (κ3) is 3.50. The van der Waals surface area contributed by atoms with Crippen LogP contribution in [0.25, 0.3) is 5.69 Å². The highest BCUT2D eigenvalue weighted by atomic mass is 16.2. The van der Waals surface area contributed by atoms with Crippen LogP contribution in [0.4, 0.5) is 5.69 Å². The topological polar surface area (TPSA) is 63.1 Å². The number of amides is 1. The number of hydrogen-bond acceptors (Lipinski definition) is 4. The van der Waals surface area contributed by atoms with Gasteiger partial charge in [-0.15, -0.1) is 0 Å². The molecule has 0 spiro atoms. The second-order valence-corrected chi connectivity index (χ2v) is 6.43. The van der Waals surface area contributed by atoms with E-state index in [0.29, 0.717) is 0 Å². The summed E-state index contributed by atoms with van der Waals surface area (Å²) < 4.78 is 1.68. The molecule has 132 valence electrons. The molecule has 1 aliphatic heterocycles. The Kier molecular flexibility index (Phi) is 4.75. The Morgan fingerprint density at radius 2 is 1.73 bits per heavy atom. The normalized spacial score (nSPS) is 15.7. The van der Waals surface area contributed by atoms with E-state index in [0.717, 1.165) is 42.9 Å². The zero-order valence-corrected chi connectivity index (χ0v) is 14.5. The van der Waals surface area contributed by atoms with Gasteiger partial charge in [0.1, 0.15) is 18.7 Å². The molecule has 3 aromatic rings. The van der Waals surface area contributed by atoms with Gasteiger partial charge >= 0.3 is 0 Å². The fraction of sp³-hybridized carbons (Fsp3) is 0.250. The molecule has 2 aromatic carbocycles. The molecule has 1 fully saturated rings. The molecule has 1 N–H and O–H groups in total. The van der Waals surface area contributed by atoms with Gasteiger partial charge in [-0.1, -0.05) is 30.3 Å². The smallest absolute Gasteiger partial charge is 0.246 e. The molecule has 1 saturated heterocycles. The van der Waals surface area contributed by atoms with Crippen molar-refractivity contribution >= 4 is 11.6 Å². The van der Waals surface area contributed by atoms with Gasteiger partial charge in [0.15, 0.2) is 0 Å². The highest BCUT2D eigenvalue weighted by molar-refractivity contribution is 5.95. The highest BCUT2D eigenvalue weighted by Gasteiger charge is 2.29. The largest absolute Gasteiger partial charge is 0.324 e. The van der Waals surface area contributed by atoms with E-state index in [4.69, 9.17) is 0 Å². The van der Waals surface area contributed by atoms with Gasteiger partial charge in [0, 0.05) is 5.69 Å². The summed E-state index contributed by atoms with van der Waals surface area (Å²) in [5.41, 5.74) is 2.71. The molecule has 2 heterocycles. The quantitative estimate of drug-likeness (QED) is 0.770. The zero-order chi connectivity index (χ0) is 17.8. The van der Waals surface area contributed by atoms with Crippen molar-refractivity contribution in [2.45, 2.75) is 18.9 Å². The molecule has 1 aliphatic rings. The first-order chi connectivity index (χ1) is 12.8. The van der Waals surface area contributed by atoms with Crippen molar-refractivity contribution in [3.8, 4) is 5.69 Å². The lowest BCUT2D eigenvalue weighted by Crippen LogP contribution is -2.35. The molecular weight excluding hydrogens is 326 g/mol. The second-order valence-electron chi connectivity index (χ2n) is 6.43. The van der Waals surface area contributed by atoms with Crippen LogP contribution in [0, 0.1) is 0 Å². The molecule has 0 saturated carbocycles. The predicted molar refractivity (Wildman–Crippen MR) is 100.0 cm³/mol.